The van der Waals surface area contributed by atoms with Gasteiger partial charge in [0, 0.05) is 24.7 Å². The first-order valence-corrected chi connectivity index (χ1v) is 11.8. The molecule has 1 aliphatic heterocycles. The van der Waals surface area contributed by atoms with Crippen molar-refractivity contribution in [3.05, 3.63) is 52.2 Å². The minimum atomic E-state index is -1.03. The highest BCUT2D eigenvalue weighted by Gasteiger charge is 2.40. The lowest BCUT2D eigenvalue weighted by Gasteiger charge is -2.45. The number of hydrogen-bond acceptors (Lipinski definition) is 5. The van der Waals surface area contributed by atoms with Crippen molar-refractivity contribution in [3.63, 3.8) is 0 Å². The zero-order chi connectivity index (χ0) is 25.4. The molecule has 7 heteroatoms. The minimum absolute atomic E-state index is 0.0869. The normalized spacial score (nSPS) is 20.8. The monoisotopic (exact) mass is 467 g/mol. The number of anilines is 2. The number of aromatic nitrogens is 1. The summed E-state index contributed by atoms with van der Waals surface area (Å²) < 4.78 is 0. The number of rotatable bonds is 5. The number of carbonyl (C=O) groups is 2. The van der Waals surface area contributed by atoms with E-state index in [2.05, 4.69) is 31.0 Å². The van der Waals surface area contributed by atoms with Gasteiger partial charge in [0.2, 0.25) is 0 Å². The SMILES string of the molecule is Cc1ccc(N2CCC(C)(O)C(CC(C)(C)C)C2)nc1C(=O)Nc1c(C)ccc(C(=O)O)c1C. The smallest absolute Gasteiger partial charge is 0.336 e. The number of amides is 1. The van der Waals surface area contributed by atoms with Gasteiger partial charge in [-0.15, -0.1) is 0 Å². The number of pyridine rings is 1. The maximum atomic E-state index is 13.2. The number of nitrogens with zero attached hydrogens (tertiary/aromatic N) is 2. The van der Waals surface area contributed by atoms with E-state index in [1.807, 2.05) is 32.9 Å². The molecule has 3 rings (SSSR count). The summed E-state index contributed by atoms with van der Waals surface area (Å²) in [6, 6.07) is 7.04. The number of carboxylic acids is 1. The van der Waals surface area contributed by atoms with Crippen LogP contribution in [0.3, 0.4) is 0 Å². The first kappa shape index (κ1) is 25.7. The van der Waals surface area contributed by atoms with Crippen molar-refractivity contribution < 1.29 is 19.8 Å². The maximum absolute atomic E-state index is 13.2. The molecule has 2 aromatic rings. The van der Waals surface area contributed by atoms with E-state index >= 15 is 0 Å². The van der Waals surface area contributed by atoms with Gasteiger partial charge in [-0.2, -0.15) is 0 Å². The Bertz CT molecular complexity index is 1100. The Hall–Kier alpha value is -2.93. The lowest BCUT2D eigenvalue weighted by Crippen LogP contribution is -2.51. The molecular formula is C27H37N3O4. The third-order valence-electron chi connectivity index (χ3n) is 6.83. The fraction of sp³-hybridized carbons (Fsp3) is 0.519. The van der Waals surface area contributed by atoms with E-state index in [1.54, 1.807) is 19.1 Å². The summed E-state index contributed by atoms with van der Waals surface area (Å²) in [5.41, 5.74) is 2.34. The Morgan fingerprint density at radius 1 is 1.15 bits per heavy atom. The highest BCUT2D eigenvalue weighted by molar-refractivity contribution is 6.06. The molecule has 2 heterocycles. The van der Waals surface area contributed by atoms with Gasteiger partial charge in [0.05, 0.1) is 11.2 Å². The number of aryl methyl sites for hydroxylation is 2. The number of hydrogen-bond donors (Lipinski definition) is 3. The summed E-state index contributed by atoms with van der Waals surface area (Å²) in [5, 5.41) is 23.3. The topological polar surface area (TPSA) is 103 Å². The first-order valence-electron chi connectivity index (χ1n) is 11.8. The zero-order valence-corrected chi connectivity index (χ0v) is 21.3. The van der Waals surface area contributed by atoms with Crippen molar-refractivity contribution in [1.82, 2.24) is 4.98 Å². The molecule has 0 spiro atoms. The maximum Gasteiger partial charge on any atom is 0.336 e. The van der Waals surface area contributed by atoms with Crippen molar-refractivity contribution in [2.24, 2.45) is 11.3 Å². The number of aliphatic hydroxyl groups is 1. The lowest BCUT2D eigenvalue weighted by atomic mass is 9.73. The van der Waals surface area contributed by atoms with E-state index in [0.717, 1.165) is 17.5 Å². The highest BCUT2D eigenvalue weighted by atomic mass is 16.4. The van der Waals surface area contributed by atoms with Gasteiger partial charge in [-0.3, -0.25) is 4.79 Å². The molecule has 0 saturated carbocycles. The van der Waals surface area contributed by atoms with Crippen molar-refractivity contribution in [2.45, 2.75) is 66.9 Å². The zero-order valence-electron chi connectivity index (χ0n) is 21.3. The molecule has 1 aromatic carbocycles. The Kier molecular flexibility index (Phi) is 7.08. The second-order valence-electron chi connectivity index (χ2n) is 11.0. The molecule has 0 bridgehead atoms. The van der Waals surface area contributed by atoms with Crippen LogP contribution in [0.1, 0.15) is 78.1 Å². The number of piperidine rings is 1. The predicted molar refractivity (Wildman–Crippen MR) is 135 cm³/mol. The van der Waals surface area contributed by atoms with Crippen LogP contribution in [0.2, 0.25) is 0 Å². The Labute approximate surface area is 202 Å². The van der Waals surface area contributed by atoms with E-state index in [1.165, 1.54) is 0 Å². The van der Waals surface area contributed by atoms with Gasteiger partial charge in [-0.05, 0) is 74.8 Å². The third-order valence-corrected chi connectivity index (χ3v) is 6.83. The van der Waals surface area contributed by atoms with E-state index in [4.69, 9.17) is 4.98 Å². The highest BCUT2D eigenvalue weighted by Crippen LogP contribution is 2.37. The Morgan fingerprint density at radius 2 is 1.79 bits per heavy atom. The van der Waals surface area contributed by atoms with Crippen LogP contribution < -0.4 is 10.2 Å². The molecule has 2 unspecified atom stereocenters. The van der Waals surface area contributed by atoms with Crippen LogP contribution in [0, 0.1) is 32.1 Å². The Balaban J connectivity index is 1.88. The molecule has 2 atom stereocenters. The predicted octanol–water partition coefficient (Wildman–Crippen LogP) is 4.97. The van der Waals surface area contributed by atoms with E-state index in [9.17, 15) is 19.8 Å². The molecule has 7 nitrogen and oxygen atoms in total. The molecular weight excluding hydrogens is 430 g/mol. The largest absolute Gasteiger partial charge is 0.478 e. The molecule has 1 saturated heterocycles. The number of benzene rings is 1. The van der Waals surface area contributed by atoms with Crippen molar-refractivity contribution in [1.29, 1.82) is 0 Å². The van der Waals surface area contributed by atoms with Gasteiger partial charge in [-0.25, -0.2) is 9.78 Å². The van der Waals surface area contributed by atoms with Crippen LogP contribution in [0.25, 0.3) is 0 Å². The number of nitrogens with one attached hydrogen (secondary N) is 1. The number of aromatic carboxylic acids is 1. The third kappa shape index (κ3) is 5.58. The van der Waals surface area contributed by atoms with Gasteiger partial charge in [-0.1, -0.05) is 32.9 Å². The van der Waals surface area contributed by atoms with Crippen LogP contribution in [0.15, 0.2) is 24.3 Å². The molecule has 1 amide bonds. The van der Waals surface area contributed by atoms with Gasteiger partial charge < -0.3 is 20.4 Å². The van der Waals surface area contributed by atoms with Gasteiger partial charge in [0.15, 0.2) is 0 Å². The van der Waals surface area contributed by atoms with Gasteiger partial charge in [0.1, 0.15) is 11.5 Å². The Morgan fingerprint density at radius 3 is 2.41 bits per heavy atom. The summed E-state index contributed by atoms with van der Waals surface area (Å²) in [4.78, 5) is 31.6. The number of carbonyl (C=O) groups excluding carboxylic acids is 1. The molecule has 184 valence electrons. The van der Waals surface area contributed by atoms with Crippen LogP contribution in [0.5, 0.6) is 0 Å². The summed E-state index contributed by atoms with van der Waals surface area (Å²) in [6.07, 6.45) is 1.51. The summed E-state index contributed by atoms with van der Waals surface area (Å²) in [6.45, 7) is 15.1. The fourth-order valence-corrected chi connectivity index (χ4v) is 4.72. The van der Waals surface area contributed by atoms with E-state index < -0.39 is 11.6 Å². The van der Waals surface area contributed by atoms with Crippen molar-refractivity contribution in [3.8, 4) is 0 Å². The molecule has 1 aromatic heterocycles. The minimum Gasteiger partial charge on any atom is -0.478 e. The lowest BCUT2D eigenvalue weighted by molar-refractivity contribution is -0.0318. The average Bonchev–Trinajstić information content (AvgIpc) is 2.71. The summed E-state index contributed by atoms with van der Waals surface area (Å²) in [7, 11) is 0. The van der Waals surface area contributed by atoms with Crippen LogP contribution in [-0.4, -0.2) is 45.8 Å². The average molecular weight is 468 g/mol. The molecule has 1 fully saturated rings. The number of carboxylic acid groups (broad SMARTS) is 1. The van der Waals surface area contributed by atoms with Crippen LogP contribution >= 0.6 is 0 Å². The molecule has 0 radical (unpaired) electrons. The fourth-order valence-electron chi connectivity index (χ4n) is 4.72. The van der Waals surface area contributed by atoms with Gasteiger partial charge in [0.25, 0.3) is 5.91 Å². The first-order chi connectivity index (χ1) is 15.7. The summed E-state index contributed by atoms with van der Waals surface area (Å²) in [5.74, 6) is -0.609. The standard InChI is InChI=1S/C27H37N3O4/c1-16-8-10-20(25(32)33)18(3)22(16)29-24(31)23-17(2)9-11-21(28-23)30-13-12-27(7,34)19(15-30)14-26(4,5)6/h8-11,19,34H,12-15H2,1-7H3,(H,29,31)(H,32,33). The van der Waals surface area contributed by atoms with Crippen LogP contribution in [-0.2, 0) is 0 Å². The quantitative estimate of drug-likeness (QED) is 0.574. The second kappa shape index (κ2) is 9.37. The molecule has 34 heavy (non-hydrogen) atoms. The summed E-state index contributed by atoms with van der Waals surface area (Å²) >= 11 is 0. The molecule has 0 aliphatic carbocycles. The van der Waals surface area contributed by atoms with Gasteiger partial charge >= 0.3 is 5.97 Å². The molecule has 1 aliphatic rings. The van der Waals surface area contributed by atoms with Crippen molar-refractivity contribution in [2.75, 3.05) is 23.3 Å². The second-order valence-corrected chi connectivity index (χ2v) is 11.0. The van der Waals surface area contributed by atoms with E-state index in [0.29, 0.717) is 42.3 Å². The van der Waals surface area contributed by atoms with Crippen molar-refractivity contribution >= 4 is 23.4 Å². The van der Waals surface area contributed by atoms with Crippen LogP contribution in [0.4, 0.5) is 11.5 Å². The van der Waals surface area contributed by atoms with E-state index in [-0.39, 0.29) is 22.8 Å². The molecule has 3 N–H and O–H groups in total.